The lowest BCUT2D eigenvalue weighted by Crippen LogP contribution is -2.49. The smallest absolute Gasteiger partial charge is 0.0213 e. The summed E-state index contributed by atoms with van der Waals surface area (Å²) in [7, 11) is 0. The summed E-state index contributed by atoms with van der Waals surface area (Å²) in [6.07, 6.45) is 8.21. The summed E-state index contributed by atoms with van der Waals surface area (Å²) in [5.74, 6) is 0.943. The number of hydrogen-bond acceptors (Lipinski definition) is 1. The summed E-state index contributed by atoms with van der Waals surface area (Å²) in [4.78, 5) is 0. The van der Waals surface area contributed by atoms with Gasteiger partial charge >= 0.3 is 0 Å². The maximum absolute atomic E-state index is 3.77. The van der Waals surface area contributed by atoms with Gasteiger partial charge in [0.05, 0.1) is 0 Å². The van der Waals surface area contributed by atoms with E-state index in [-0.39, 0.29) is 0 Å². The van der Waals surface area contributed by atoms with Crippen molar-refractivity contribution in [2.75, 3.05) is 6.54 Å². The van der Waals surface area contributed by atoms with Crippen molar-refractivity contribution >= 4 is 15.9 Å². The van der Waals surface area contributed by atoms with Crippen LogP contribution in [0.25, 0.3) is 0 Å². The van der Waals surface area contributed by atoms with Crippen LogP contribution < -0.4 is 5.32 Å². The molecule has 0 aromatic heterocycles. The number of hydrogen-bond donors (Lipinski definition) is 1. The van der Waals surface area contributed by atoms with Gasteiger partial charge in [0.2, 0.25) is 0 Å². The van der Waals surface area contributed by atoms with Gasteiger partial charge < -0.3 is 5.32 Å². The molecule has 0 unspecified atom stereocenters. The third-order valence-corrected chi connectivity index (χ3v) is 5.50. The molecule has 1 nitrogen and oxygen atoms in total. The summed E-state index contributed by atoms with van der Waals surface area (Å²) in [5.41, 5.74) is 1.92. The minimum atomic E-state index is 0.391. The fourth-order valence-corrected chi connectivity index (χ4v) is 4.34. The molecule has 0 heterocycles. The van der Waals surface area contributed by atoms with Gasteiger partial charge in [0.25, 0.3) is 0 Å². The molecule has 0 bridgehead atoms. The standard InChI is InChI=1S/C17H24BrN/c1-2-5-13-10-17(11-13,12-19-14-8-9-14)15-6-3-4-7-16(15)18/h3-4,6-7,13-14,19H,2,5,8-12H2,1H3. The minimum absolute atomic E-state index is 0.391. The Labute approximate surface area is 125 Å². The third-order valence-electron chi connectivity index (χ3n) is 4.81. The van der Waals surface area contributed by atoms with Crippen molar-refractivity contribution in [3.63, 3.8) is 0 Å². The second-order valence-corrected chi connectivity index (χ2v) is 7.33. The maximum atomic E-state index is 3.77. The highest BCUT2D eigenvalue weighted by Crippen LogP contribution is 2.51. The predicted molar refractivity (Wildman–Crippen MR) is 84.5 cm³/mol. The number of halogens is 1. The van der Waals surface area contributed by atoms with Crippen LogP contribution in [-0.2, 0) is 5.41 Å². The molecular weight excluding hydrogens is 298 g/mol. The van der Waals surface area contributed by atoms with Crippen LogP contribution in [0, 0.1) is 5.92 Å². The quantitative estimate of drug-likeness (QED) is 0.804. The van der Waals surface area contributed by atoms with E-state index >= 15 is 0 Å². The topological polar surface area (TPSA) is 12.0 Å². The summed E-state index contributed by atoms with van der Waals surface area (Å²) < 4.78 is 1.29. The molecule has 0 amide bonds. The van der Waals surface area contributed by atoms with Crippen LogP contribution in [0.5, 0.6) is 0 Å². The highest BCUT2D eigenvalue weighted by Gasteiger charge is 2.46. The highest BCUT2D eigenvalue weighted by atomic mass is 79.9. The van der Waals surface area contributed by atoms with Crippen LogP contribution in [0.15, 0.2) is 28.7 Å². The van der Waals surface area contributed by atoms with Gasteiger partial charge in [0.1, 0.15) is 0 Å². The average Bonchev–Trinajstić information content (AvgIpc) is 3.17. The molecule has 0 saturated heterocycles. The Bertz CT molecular complexity index is 433. The largest absolute Gasteiger partial charge is 0.313 e. The molecule has 2 heteroatoms. The van der Waals surface area contributed by atoms with Crippen molar-refractivity contribution in [3.05, 3.63) is 34.3 Å². The molecule has 1 aromatic rings. The van der Waals surface area contributed by atoms with Gasteiger partial charge in [-0.15, -0.1) is 0 Å². The maximum Gasteiger partial charge on any atom is 0.0213 e. The molecule has 0 aliphatic heterocycles. The number of rotatable bonds is 6. The lowest BCUT2D eigenvalue weighted by atomic mass is 9.57. The van der Waals surface area contributed by atoms with Crippen LogP contribution in [0.3, 0.4) is 0 Å². The summed E-state index contributed by atoms with van der Waals surface area (Å²) in [6.45, 7) is 3.47. The van der Waals surface area contributed by atoms with Gasteiger partial charge in [-0.05, 0) is 43.2 Å². The van der Waals surface area contributed by atoms with E-state index in [1.807, 2.05) is 0 Å². The fourth-order valence-electron chi connectivity index (χ4n) is 3.64. The van der Waals surface area contributed by atoms with Crippen molar-refractivity contribution in [1.29, 1.82) is 0 Å². The average molecular weight is 322 g/mol. The molecule has 2 fully saturated rings. The van der Waals surface area contributed by atoms with Crippen LogP contribution in [-0.4, -0.2) is 12.6 Å². The lowest BCUT2D eigenvalue weighted by Gasteiger charge is -2.49. The minimum Gasteiger partial charge on any atom is -0.313 e. The molecule has 1 aromatic carbocycles. The second-order valence-electron chi connectivity index (χ2n) is 6.48. The molecule has 104 valence electrons. The molecular formula is C17H24BrN. The van der Waals surface area contributed by atoms with Gasteiger partial charge in [0.15, 0.2) is 0 Å². The van der Waals surface area contributed by atoms with E-state index in [2.05, 4.69) is 52.4 Å². The van der Waals surface area contributed by atoms with E-state index in [0.717, 1.165) is 12.0 Å². The Balaban J connectivity index is 1.75. The van der Waals surface area contributed by atoms with E-state index in [0.29, 0.717) is 5.41 Å². The van der Waals surface area contributed by atoms with Crippen molar-refractivity contribution in [3.8, 4) is 0 Å². The van der Waals surface area contributed by atoms with E-state index < -0.39 is 0 Å². The fraction of sp³-hybridized carbons (Fsp3) is 0.647. The molecule has 19 heavy (non-hydrogen) atoms. The van der Waals surface area contributed by atoms with Gasteiger partial charge in [-0.1, -0.05) is 53.9 Å². The van der Waals surface area contributed by atoms with Crippen molar-refractivity contribution in [2.24, 2.45) is 5.92 Å². The Kier molecular flexibility index (Phi) is 4.00. The van der Waals surface area contributed by atoms with Crippen LogP contribution >= 0.6 is 15.9 Å². The zero-order valence-corrected chi connectivity index (χ0v) is 13.4. The van der Waals surface area contributed by atoms with Crippen LogP contribution in [0.4, 0.5) is 0 Å². The van der Waals surface area contributed by atoms with Crippen LogP contribution in [0.2, 0.25) is 0 Å². The summed E-state index contributed by atoms with van der Waals surface area (Å²) >= 11 is 3.76. The zero-order chi connectivity index (χ0) is 13.3. The molecule has 0 spiro atoms. The first-order chi connectivity index (χ1) is 9.23. The molecule has 2 saturated carbocycles. The highest BCUT2D eigenvalue weighted by molar-refractivity contribution is 9.10. The zero-order valence-electron chi connectivity index (χ0n) is 11.8. The summed E-state index contributed by atoms with van der Waals surface area (Å²) in [5, 5.41) is 3.77. The molecule has 0 atom stereocenters. The summed E-state index contributed by atoms with van der Waals surface area (Å²) in [6, 6.07) is 9.64. The van der Waals surface area contributed by atoms with Gasteiger partial charge in [0, 0.05) is 22.5 Å². The Morgan fingerprint density at radius 3 is 2.63 bits per heavy atom. The number of benzene rings is 1. The third kappa shape index (κ3) is 2.90. The Hall–Kier alpha value is -0.340. The SMILES string of the molecule is CCCC1CC(CNC2CC2)(c2ccccc2Br)C1. The Morgan fingerprint density at radius 1 is 1.26 bits per heavy atom. The normalized spacial score (nSPS) is 30.1. The van der Waals surface area contributed by atoms with E-state index in [1.54, 1.807) is 0 Å². The molecule has 1 N–H and O–H groups in total. The monoisotopic (exact) mass is 321 g/mol. The second kappa shape index (κ2) is 5.57. The van der Waals surface area contributed by atoms with Crippen LogP contribution in [0.1, 0.15) is 51.0 Å². The number of nitrogens with one attached hydrogen (secondary N) is 1. The lowest BCUT2D eigenvalue weighted by molar-refractivity contribution is 0.127. The molecule has 0 radical (unpaired) electrons. The first-order valence-electron chi connectivity index (χ1n) is 7.72. The molecule has 2 aliphatic carbocycles. The first-order valence-corrected chi connectivity index (χ1v) is 8.51. The van der Waals surface area contributed by atoms with E-state index in [1.165, 1.54) is 55.1 Å². The van der Waals surface area contributed by atoms with Crippen molar-refractivity contribution in [2.45, 2.75) is 56.9 Å². The van der Waals surface area contributed by atoms with E-state index in [9.17, 15) is 0 Å². The molecule has 2 aliphatic rings. The van der Waals surface area contributed by atoms with Gasteiger partial charge in [-0.2, -0.15) is 0 Å². The predicted octanol–water partition coefficient (Wildman–Crippen LogP) is 4.65. The first kappa shape index (κ1) is 13.6. The van der Waals surface area contributed by atoms with E-state index in [4.69, 9.17) is 0 Å². The van der Waals surface area contributed by atoms with Crippen molar-refractivity contribution < 1.29 is 0 Å². The molecule has 3 rings (SSSR count). The van der Waals surface area contributed by atoms with Gasteiger partial charge in [-0.25, -0.2) is 0 Å². The van der Waals surface area contributed by atoms with Crippen molar-refractivity contribution in [1.82, 2.24) is 5.32 Å². The van der Waals surface area contributed by atoms with Gasteiger partial charge in [-0.3, -0.25) is 0 Å². The Morgan fingerprint density at radius 2 is 2.00 bits per heavy atom.